The van der Waals surface area contributed by atoms with Crippen molar-refractivity contribution in [2.24, 2.45) is 0 Å². The summed E-state index contributed by atoms with van der Waals surface area (Å²) < 4.78 is 19.4. The molecule has 0 bridgehead atoms. The Hall–Kier alpha value is -2.47. The first-order valence-electron chi connectivity index (χ1n) is 7.22. The molecule has 0 aliphatic heterocycles. The lowest BCUT2D eigenvalue weighted by molar-refractivity contribution is 0.0954. The van der Waals surface area contributed by atoms with Crippen LogP contribution in [0.5, 0.6) is 5.75 Å². The van der Waals surface area contributed by atoms with Crippen LogP contribution in [-0.4, -0.2) is 17.5 Å². The van der Waals surface area contributed by atoms with Gasteiger partial charge >= 0.3 is 0 Å². The fourth-order valence-electron chi connectivity index (χ4n) is 2.21. The van der Waals surface area contributed by atoms with Crippen LogP contribution in [0.25, 0.3) is 10.2 Å². The van der Waals surface area contributed by atoms with Gasteiger partial charge in [0.25, 0.3) is 5.91 Å². The summed E-state index contributed by atoms with van der Waals surface area (Å²) in [6.45, 7) is 2.29. The molecule has 2 aromatic heterocycles. The Morgan fingerprint density at radius 3 is 3.00 bits per heavy atom. The Morgan fingerprint density at radius 1 is 1.35 bits per heavy atom. The minimum absolute atomic E-state index is 0.104. The molecular weight excluding hydrogens is 315 g/mol. The molecule has 0 unspecified atom stereocenters. The van der Waals surface area contributed by atoms with Gasteiger partial charge in [0.2, 0.25) is 0 Å². The van der Waals surface area contributed by atoms with Crippen LogP contribution in [0.4, 0.5) is 4.39 Å². The maximum Gasteiger partial charge on any atom is 0.261 e. The molecule has 1 aromatic carbocycles. The van der Waals surface area contributed by atoms with Crippen molar-refractivity contribution in [3.05, 3.63) is 58.9 Å². The van der Waals surface area contributed by atoms with Gasteiger partial charge in [0, 0.05) is 23.7 Å². The molecule has 2 heterocycles. The fraction of sp³-hybridized carbons (Fsp3) is 0.176. The number of pyridine rings is 1. The standard InChI is InChI=1S/C17H15FN2O2S/c1-2-22-13-7-3-5-12(15(13)18)10-20-16(21)14-9-11-6-4-8-19-17(11)23-14/h3-9H,2,10H2,1H3,(H,20,21). The normalized spacial score (nSPS) is 10.7. The van der Waals surface area contributed by atoms with E-state index in [9.17, 15) is 9.18 Å². The van der Waals surface area contributed by atoms with E-state index < -0.39 is 5.82 Å². The number of nitrogens with zero attached hydrogens (tertiary/aromatic N) is 1. The summed E-state index contributed by atoms with van der Waals surface area (Å²) in [4.78, 5) is 17.8. The Labute approximate surface area is 136 Å². The van der Waals surface area contributed by atoms with E-state index in [4.69, 9.17) is 4.74 Å². The molecule has 0 atom stereocenters. The molecule has 0 radical (unpaired) electrons. The van der Waals surface area contributed by atoms with Crippen LogP contribution in [0.15, 0.2) is 42.6 Å². The molecule has 0 aliphatic rings. The van der Waals surface area contributed by atoms with Gasteiger partial charge in [-0.3, -0.25) is 4.79 Å². The number of thiophene rings is 1. The minimum atomic E-state index is -0.437. The summed E-state index contributed by atoms with van der Waals surface area (Å²) in [6.07, 6.45) is 1.69. The molecule has 3 aromatic rings. The van der Waals surface area contributed by atoms with Crippen LogP contribution in [0.3, 0.4) is 0 Å². The van der Waals surface area contributed by atoms with Crippen LogP contribution in [0, 0.1) is 5.82 Å². The predicted molar refractivity (Wildman–Crippen MR) is 88.4 cm³/mol. The van der Waals surface area contributed by atoms with E-state index in [-0.39, 0.29) is 18.2 Å². The third-order valence-electron chi connectivity index (χ3n) is 3.30. The van der Waals surface area contributed by atoms with Crippen molar-refractivity contribution in [2.75, 3.05) is 6.61 Å². The van der Waals surface area contributed by atoms with Crippen molar-refractivity contribution in [2.45, 2.75) is 13.5 Å². The molecule has 4 nitrogen and oxygen atoms in total. The van der Waals surface area contributed by atoms with E-state index in [0.29, 0.717) is 17.0 Å². The van der Waals surface area contributed by atoms with Gasteiger partial charge in [0.05, 0.1) is 11.5 Å². The average molecular weight is 330 g/mol. The van der Waals surface area contributed by atoms with Gasteiger partial charge in [0.15, 0.2) is 11.6 Å². The SMILES string of the molecule is CCOc1cccc(CNC(=O)c2cc3cccnc3s2)c1F. The summed E-state index contributed by atoms with van der Waals surface area (Å²) in [7, 11) is 0. The second-order valence-electron chi connectivity index (χ2n) is 4.85. The number of aromatic nitrogens is 1. The number of ether oxygens (including phenoxy) is 1. The third-order valence-corrected chi connectivity index (χ3v) is 4.36. The predicted octanol–water partition coefficient (Wildman–Crippen LogP) is 3.76. The smallest absolute Gasteiger partial charge is 0.261 e. The molecule has 0 aliphatic carbocycles. The number of hydrogen-bond donors (Lipinski definition) is 1. The third kappa shape index (κ3) is 3.32. The van der Waals surface area contributed by atoms with E-state index in [2.05, 4.69) is 10.3 Å². The lowest BCUT2D eigenvalue weighted by Crippen LogP contribution is -2.22. The average Bonchev–Trinajstić information content (AvgIpc) is 3.00. The quantitative estimate of drug-likeness (QED) is 0.775. The van der Waals surface area contributed by atoms with Gasteiger partial charge in [-0.15, -0.1) is 11.3 Å². The van der Waals surface area contributed by atoms with Gasteiger partial charge in [-0.25, -0.2) is 9.37 Å². The van der Waals surface area contributed by atoms with Gasteiger partial charge in [0.1, 0.15) is 4.83 Å². The number of halogens is 1. The van der Waals surface area contributed by atoms with Crippen molar-refractivity contribution in [3.8, 4) is 5.75 Å². The van der Waals surface area contributed by atoms with Gasteiger partial charge < -0.3 is 10.1 Å². The number of carbonyl (C=O) groups excluding carboxylic acids is 1. The topological polar surface area (TPSA) is 51.2 Å². The lowest BCUT2D eigenvalue weighted by atomic mass is 10.2. The number of rotatable bonds is 5. The fourth-order valence-corrected chi connectivity index (χ4v) is 3.12. The number of nitrogens with one attached hydrogen (secondary N) is 1. The lowest BCUT2D eigenvalue weighted by Gasteiger charge is -2.09. The molecule has 3 rings (SSSR count). The van der Waals surface area contributed by atoms with Gasteiger partial charge in [-0.05, 0) is 25.1 Å². The van der Waals surface area contributed by atoms with Crippen molar-refractivity contribution >= 4 is 27.5 Å². The zero-order valence-corrected chi connectivity index (χ0v) is 13.3. The van der Waals surface area contributed by atoms with Crippen LogP contribution in [0.2, 0.25) is 0 Å². The van der Waals surface area contributed by atoms with E-state index >= 15 is 0 Å². The van der Waals surface area contributed by atoms with E-state index in [1.807, 2.05) is 12.1 Å². The minimum Gasteiger partial charge on any atom is -0.491 e. The summed E-state index contributed by atoms with van der Waals surface area (Å²) in [5.74, 6) is -0.479. The summed E-state index contributed by atoms with van der Waals surface area (Å²) in [6, 6.07) is 10.4. The van der Waals surface area contributed by atoms with Crippen molar-refractivity contribution in [1.29, 1.82) is 0 Å². The number of fused-ring (bicyclic) bond motifs is 1. The van der Waals surface area contributed by atoms with Crippen LogP contribution in [-0.2, 0) is 6.54 Å². The Balaban J connectivity index is 1.73. The Bertz CT molecular complexity index is 814. The Kier molecular flexibility index (Phi) is 4.52. The molecule has 1 amide bonds. The number of benzene rings is 1. The van der Waals surface area contributed by atoms with E-state index in [0.717, 1.165) is 10.2 Å². The molecule has 23 heavy (non-hydrogen) atoms. The molecule has 0 saturated heterocycles. The molecule has 0 fully saturated rings. The van der Waals surface area contributed by atoms with E-state index in [1.54, 1.807) is 37.4 Å². The zero-order valence-electron chi connectivity index (χ0n) is 12.5. The highest BCUT2D eigenvalue weighted by atomic mass is 32.1. The molecule has 0 saturated carbocycles. The zero-order chi connectivity index (χ0) is 16.2. The van der Waals surface area contributed by atoms with Crippen LogP contribution < -0.4 is 10.1 Å². The molecule has 6 heteroatoms. The molecule has 0 spiro atoms. The maximum atomic E-state index is 14.2. The largest absolute Gasteiger partial charge is 0.491 e. The second-order valence-corrected chi connectivity index (χ2v) is 5.88. The summed E-state index contributed by atoms with van der Waals surface area (Å²) >= 11 is 1.31. The summed E-state index contributed by atoms with van der Waals surface area (Å²) in [5, 5.41) is 3.66. The van der Waals surface area contributed by atoms with Crippen LogP contribution >= 0.6 is 11.3 Å². The van der Waals surface area contributed by atoms with Crippen molar-refractivity contribution < 1.29 is 13.9 Å². The van der Waals surface area contributed by atoms with Gasteiger partial charge in [-0.1, -0.05) is 18.2 Å². The first-order valence-corrected chi connectivity index (χ1v) is 8.03. The van der Waals surface area contributed by atoms with E-state index in [1.165, 1.54) is 11.3 Å². The number of carbonyl (C=O) groups is 1. The monoisotopic (exact) mass is 330 g/mol. The van der Waals surface area contributed by atoms with Crippen molar-refractivity contribution in [1.82, 2.24) is 10.3 Å². The second kappa shape index (κ2) is 6.75. The number of hydrogen-bond acceptors (Lipinski definition) is 4. The first kappa shape index (κ1) is 15.4. The van der Waals surface area contributed by atoms with Crippen molar-refractivity contribution in [3.63, 3.8) is 0 Å². The van der Waals surface area contributed by atoms with Crippen LogP contribution in [0.1, 0.15) is 22.2 Å². The summed E-state index contributed by atoms with van der Waals surface area (Å²) in [5.41, 5.74) is 0.392. The molecular formula is C17H15FN2O2S. The molecule has 118 valence electrons. The first-order chi connectivity index (χ1) is 11.2. The highest BCUT2D eigenvalue weighted by Gasteiger charge is 2.13. The maximum absolute atomic E-state index is 14.2. The van der Waals surface area contributed by atoms with Gasteiger partial charge in [-0.2, -0.15) is 0 Å². The Morgan fingerprint density at radius 2 is 2.22 bits per heavy atom. The highest BCUT2D eigenvalue weighted by molar-refractivity contribution is 7.20. The number of amides is 1. The molecule has 1 N–H and O–H groups in total. The highest BCUT2D eigenvalue weighted by Crippen LogP contribution is 2.24.